The quantitative estimate of drug-likeness (QED) is 0.845. The number of nitrogen functional groups attached to an aromatic ring is 1. The van der Waals surface area contributed by atoms with Crippen LogP contribution in [0.5, 0.6) is 0 Å². The first-order valence-electron chi connectivity index (χ1n) is 6.40. The van der Waals surface area contributed by atoms with Crippen molar-refractivity contribution in [2.75, 3.05) is 17.2 Å². The van der Waals surface area contributed by atoms with Crippen molar-refractivity contribution in [1.29, 1.82) is 0 Å². The van der Waals surface area contributed by atoms with E-state index in [9.17, 15) is 0 Å². The Morgan fingerprint density at radius 1 is 1.29 bits per heavy atom. The van der Waals surface area contributed by atoms with E-state index >= 15 is 0 Å². The second kappa shape index (κ2) is 4.85. The van der Waals surface area contributed by atoms with Crippen LogP contribution in [0.3, 0.4) is 0 Å². The molecule has 0 radical (unpaired) electrons. The second-order valence-electron chi connectivity index (χ2n) is 4.91. The number of hydrogen-bond donors (Lipinski definition) is 1. The Kier molecular flexibility index (Phi) is 3.45. The lowest BCUT2D eigenvalue weighted by Gasteiger charge is -2.26. The van der Waals surface area contributed by atoms with Crippen molar-refractivity contribution in [3.05, 3.63) is 5.82 Å². The van der Waals surface area contributed by atoms with Gasteiger partial charge in [-0.1, -0.05) is 6.92 Å². The minimum absolute atomic E-state index is 0.346. The van der Waals surface area contributed by atoms with Gasteiger partial charge in [-0.25, -0.2) is 0 Å². The highest BCUT2D eigenvalue weighted by Gasteiger charge is 2.28. The molecule has 5 heteroatoms. The van der Waals surface area contributed by atoms with Crippen LogP contribution >= 0.6 is 0 Å². The standard InChI is InChI=1S/C12H21N5/c1-4-7-17(8(2)3)12-15-10(9-5-6-9)14-11(13)16-12/h8-9H,4-7H2,1-3H3,(H2,13,14,15,16). The van der Waals surface area contributed by atoms with Gasteiger partial charge in [0, 0.05) is 18.5 Å². The molecule has 1 aliphatic rings. The lowest BCUT2D eigenvalue weighted by molar-refractivity contribution is 0.645. The first-order valence-corrected chi connectivity index (χ1v) is 6.40. The fraction of sp³-hybridized carbons (Fsp3) is 0.750. The summed E-state index contributed by atoms with van der Waals surface area (Å²) in [7, 11) is 0. The van der Waals surface area contributed by atoms with Crippen molar-refractivity contribution in [3.63, 3.8) is 0 Å². The van der Waals surface area contributed by atoms with Gasteiger partial charge in [0.2, 0.25) is 11.9 Å². The molecule has 17 heavy (non-hydrogen) atoms. The number of nitrogens with two attached hydrogens (primary N) is 1. The van der Waals surface area contributed by atoms with Crippen LogP contribution in [0.15, 0.2) is 0 Å². The monoisotopic (exact) mass is 235 g/mol. The summed E-state index contributed by atoms with van der Waals surface area (Å²) in [6.07, 6.45) is 3.43. The molecule has 0 atom stereocenters. The van der Waals surface area contributed by atoms with Crippen LogP contribution in [0, 0.1) is 0 Å². The van der Waals surface area contributed by atoms with Crippen molar-refractivity contribution in [1.82, 2.24) is 15.0 Å². The Hall–Kier alpha value is -1.39. The molecule has 5 nitrogen and oxygen atoms in total. The number of hydrogen-bond acceptors (Lipinski definition) is 5. The molecule has 2 rings (SSSR count). The largest absolute Gasteiger partial charge is 0.368 e. The van der Waals surface area contributed by atoms with Gasteiger partial charge < -0.3 is 10.6 Å². The Morgan fingerprint density at radius 3 is 2.53 bits per heavy atom. The summed E-state index contributed by atoms with van der Waals surface area (Å²) in [6, 6.07) is 0.379. The minimum atomic E-state index is 0.346. The Labute approximate surface area is 102 Å². The summed E-state index contributed by atoms with van der Waals surface area (Å²) >= 11 is 0. The van der Waals surface area contributed by atoms with Crippen LogP contribution in [0.1, 0.15) is 51.8 Å². The fourth-order valence-electron chi connectivity index (χ4n) is 1.88. The first-order chi connectivity index (χ1) is 8.11. The van der Waals surface area contributed by atoms with E-state index in [-0.39, 0.29) is 0 Å². The highest BCUT2D eigenvalue weighted by molar-refractivity contribution is 5.36. The smallest absolute Gasteiger partial charge is 0.230 e. The molecule has 1 saturated carbocycles. The molecule has 2 N–H and O–H groups in total. The zero-order valence-corrected chi connectivity index (χ0v) is 10.8. The second-order valence-corrected chi connectivity index (χ2v) is 4.91. The SMILES string of the molecule is CCCN(c1nc(N)nc(C2CC2)n1)C(C)C. The van der Waals surface area contributed by atoms with Crippen LogP contribution in [-0.4, -0.2) is 27.5 Å². The number of aromatic nitrogens is 3. The van der Waals surface area contributed by atoms with Crippen molar-refractivity contribution >= 4 is 11.9 Å². The molecule has 1 aliphatic carbocycles. The Bertz CT molecular complexity index is 386. The summed E-state index contributed by atoms with van der Waals surface area (Å²) in [5.74, 6) is 2.46. The Morgan fingerprint density at radius 2 is 2.00 bits per heavy atom. The molecule has 0 saturated heterocycles. The molecular formula is C12H21N5. The van der Waals surface area contributed by atoms with E-state index in [4.69, 9.17) is 5.73 Å². The van der Waals surface area contributed by atoms with Crippen LogP contribution in [0.2, 0.25) is 0 Å². The lowest BCUT2D eigenvalue weighted by Crippen LogP contribution is -2.33. The zero-order valence-electron chi connectivity index (χ0n) is 10.8. The maximum atomic E-state index is 5.77. The van der Waals surface area contributed by atoms with E-state index in [2.05, 4.69) is 40.6 Å². The molecule has 94 valence electrons. The molecule has 0 aliphatic heterocycles. The normalized spacial score (nSPS) is 15.3. The summed E-state index contributed by atoms with van der Waals surface area (Å²) in [6.45, 7) is 7.39. The van der Waals surface area contributed by atoms with Gasteiger partial charge in [-0.15, -0.1) is 0 Å². The van der Waals surface area contributed by atoms with E-state index in [0.29, 0.717) is 17.9 Å². The molecule has 1 fully saturated rings. The maximum absolute atomic E-state index is 5.77. The van der Waals surface area contributed by atoms with Crippen LogP contribution in [-0.2, 0) is 0 Å². The molecular weight excluding hydrogens is 214 g/mol. The predicted octanol–water partition coefficient (Wildman–Crippen LogP) is 1.96. The van der Waals surface area contributed by atoms with Gasteiger partial charge in [0.1, 0.15) is 5.82 Å². The van der Waals surface area contributed by atoms with Crippen LogP contribution in [0.25, 0.3) is 0 Å². The van der Waals surface area contributed by atoms with Crippen molar-refractivity contribution in [3.8, 4) is 0 Å². The molecule has 1 aromatic heterocycles. The van der Waals surface area contributed by atoms with E-state index in [1.54, 1.807) is 0 Å². The zero-order chi connectivity index (χ0) is 12.4. The van der Waals surface area contributed by atoms with Crippen molar-refractivity contribution < 1.29 is 0 Å². The topological polar surface area (TPSA) is 67.9 Å². The summed E-state index contributed by atoms with van der Waals surface area (Å²) in [4.78, 5) is 15.2. The van der Waals surface area contributed by atoms with Gasteiger partial charge in [0.25, 0.3) is 0 Å². The summed E-state index contributed by atoms with van der Waals surface area (Å²) in [5.41, 5.74) is 5.77. The van der Waals surface area contributed by atoms with E-state index in [1.807, 2.05) is 0 Å². The summed E-state index contributed by atoms with van der Waals surface area (Å²) < 4.78 is 0. The van der Waals surface area contributed by atoms with Crippen molar-refractivity contribution in [2.24, 2.45) is 0 Å². The summed E-state index contributed by atoms with van der Waals surface area (Å²) in [5, 5.41) is 0. The fourth-order valence-corrected chi connectivity index (χ4v) is 1.88. The van der Waals surface area contributed by atoms with Gasteiger partial charge in [-0.3, -0.25) is 0 Å². The molecule has 0 aromatic carbocycles. The van der Waals surface area contributed by atoms with E-state index in [1.165, 1.54) is 12.8 Å². The van der Waals surface area contributed by atoms with Crippen LogP contribution in [0.4, 0.5) is 11.9 Å². The van der Waals surface area contributed by atoms with Crippen molar-refractivity contribution in [2.45, 2.75) is 52.0 Å². The third-order valence-electron chi connectivity index (χ3n) is 2.95. The average molecular weight is 235 g/mol. The number of anilines is 2. The molecule has 1 aromatic rings. The molecule has 0 spiro atoms. The molecule has 0 amide bonds. The third kappa shape index (κ3) is 2.84. The maximum Gasteiger partial charge on any atom is 0.230 e. The molecule has 1 heterocycles. The number of nitrogens with zero attached hydrogens (tertiary/aromatic N) is 4. The van der Waals surface area contributed by atoms with Gasteiger partial charge in [0.15, 0.2) is 0 Å². The highest BCUT2D eigenvalue weighted by atomic mass is 15.3. The van der Waals surface area contributed by atoms with Gasteiger partial charge >= 0.3 is 0 Å². The third-order valence-corrected chi connectivity index (χ3v) is 2.95. The van der Waals surface area contributed by atoms with Gasteiger partial charge in [0.05, 0.1) is 0 Å². The number of rotatable bonds is 5. The van der Waals surface area contributed by atoms with Crippen LogP contribution < -0.4 is 10.6 Å². The van der Waals surface area contributed by atoms with E-state index in [0.717, 1.165) is 24.7 Å². The lowest BCUT2D eigenvalue weighted by atomic mass is 10.3. The first kappa shape index (κ1) is 12.1. The van der Waals surface area contributed by atoms with Gasteiger partial charge in [-0.05, 0) is 33.1 Å². The molecule has 0 unspecified atom stereocenters. The van der Waals surface area contributed by atoms with Gasteiger partial charge in [-0.2, -0.15) is 15.0 Å². The molecule has 0 bridgehead atoms. The Balaban J connectivity index is 2.28. The predicted molar refractivity (Wildman–Crippen MR) is 69.0 cm³/mol. The highest BCUT2D eigenvalue weighted by Crippen LogP contribution is 2.38. The van der Waals surface area contributed by atoms with E-state index < -0.39 is 0 Å². The average Bonchev–Trinajstić information content (AvgIpc) is 3.08. The minimum Gasteiger partial charge on any atom is -0.368 e.